The summed E-state index contributed by atoms with van der Waals surface area (Å²) in [5.41, 5.74) is 2.75. The molecule has 0 saturated heterocycles. The van der Waals surface area contributed by atoms with Gasteiger partial charge < -0.3 is 19.9 Å². The third kappa shape index (κ3) is 2.77. The number of phenols is 1. The van der Waals surface area contributed by atoms with E-state index in [9.17, 15) is 9.90 Å². The van der Waals surface area contributed by atoms with Gasteiger partial charge in [-0.1, -0.05) is 6.07 Å². The molecule has 1 atom stereocenters. The number of benzene rings is 2. The standard InChI is InChI=1S/C19H19NO4/c21-14-5-6-15-12(10-14)2-1-3-16(15)20-19(22)13-4-7-17-18(11-13)24-9-8-23-17/h4-7,10-11,16,21H,1-3,8-9H2,(H,20,22). The van der Waals surface area contributed by atoms with Crippen LogP contribution in [0.5, 0.6) is 17.2 Å². The molecule has 4 rings (SSSR count). The number of aromatic hydroxyl groups is 1. The lowest BCUT2D eigenvalue weighted by Crippen LogP contribution is -2.31. The van der Waals surface area contributed by atoms with Crippen molar-refractivity contribution in [1.82, 2.24) is 5.32 Å². The summed E-state index contributed by atoms with van der Waals surface area (Å²) in [6.45, 7) is 1.03. The molecule has 2 aromatic rings. The Morgan fingerprint density at radius 2 is 1.92 bits per heavy atom. The van der Waals surface area contributed by atoms with E-state index < -0.39 is 0 Å². The lowest BCUT2D eigenvalue weighted by molar-refractivity contribution is 0.0931. The molecule has 5 nitrogen and oxygen atoms in total. The first-order valence-corrected chi connectivity index (χ1v) is 8.23. The first-order chi connectivity index (χ1) is 11.7. The number of aryl methyl sites for hydroxylation is 1. The Morgan fingerprint density at radius 3 is 2.79 bits per heavy atom. The van der Waals surface area contributed by atoms with E-state index in [1.54, 1.807) is 30.3 Å². The van der Waals surface area contributed by atoms with Crippen molar-refractivity contribution < 1.29 is 19.4 Å². The van der Waals surface area contributed by atoms with Gasteiger partial charge in [0.05, 0.1) is 6.04 Å². The molecule has 0 bridgehead atoms. The average molecular weight is 325 g/mol. The number of fused-ring (bicyclic) bond motifs is 2. The molecule has 1 unspecified atom stereocenters. The highest BCUT2D eigenvalue weighted by molar-refractivity contribution is 5.95. The number of carbonyl (C=O) groups excluding carboxylic acids is 1. The molecule has 0 aromatic heterocycles. The van der Waals surface area contributed by atoms with Crippen LogP contribution in [-0.2, 0) is 6.42 Å². The Kier molecular flexibility index (Phi) is 3.76. The van der Waals surface area contributed by atoms with Crippen LogP contribution in [0.2, 0.25) is 0 Å². The summed E-state index contributed by atoms with van der Waals surface area (Å²) in [5, 5.41) is 12.7. The normalized spacial score (nSPS) is 18.6. The maximum atomic E-state index is 12.6. The Balaban J connectivity index is 1.55. The van der Waals surface area contributed by atoms with E-state index in [1.165, 1.54) is 0 Å². The van der Waals surface area contributed by atoms with Crippen LogP contribution in [0.3, 0.4) is 0 Å². The summed E-state index contributed by atoms with van der Waals surface area (Å²) >= 11 is 0. The zero-order chi connectivity index (χ0) is 16.5. The quantitative estimate of drug-likeness (QED) is 0.891. The first-order valence-electron chi connectivity index (χ1n) is 8.23. The summed E-state index contributed by atoms with van der Waals surface area (Å²) < 4.78 is 11.0. The van der Waals surface area contributed by atoms with Gasteiger partial charge in [0.25, 0.3) is 5.91 Å². The summed E-state index contributed by atoms with van der Waals surface area (Å²) in [5.74, 6) is 1.43. The molecular weight excluding hydrogens is 306 g/mol. The molecule has 2 aliphatic rings. The van der Waals surface area contributed by atoms with Crippen molar-refractivity contribution in [3.8, 4) is 17.2 Å². The minimum Gasteiger partial charge on any atom is -0.508 e. The maximum Gasteiger partial charge on any atom is 0.251 e. The molecule has 0 radical (unpaired) electrons. The second-order valence-corrected chi connectivity index (χ2v) is 6.16. The molecular formula is C19H19NO4. The Morgan fingerprint density at radius 1 is 1.08 bits per heavy atom. The van der Waals surface area contributed by atoms with Gasteiger partial charge in [0.15, 0.2) is 11.5 Å². The highest BCUT2D eigenvalue weighted by atomic mass is 16.6. The molecule has 124 valence electrons. The van der Waals surface area contributed by atoms with E-state index in [-0.39, 0.29) is 17.7 Å². The number of rotatable bonds is 2. The second-order valence-electron chi connectivity index (χ2n) is 6.16. The SMILES string of the molecule is O=C(NC1CCCc2cc(O)ccc21)c1ccc2c(c1)OCCO2. The largest absolute Gasteiger partial charge is 0.508 e. The number of ether oxygens (including phenoxy) is 2. The van der Waals surface area contributed by atoms with Gasteiger partial charge in [-0.3, -0.25) is 4.79 Å². The topological polar surface area (TPSA) is 67.8 Å². The van der Waals surface area contributed by atoms with Crippen molar-refractivity contribution in [2.45, 2.75) is 25.3 Å². The van der Waals surface area contributed by atoms with Crippen LogP contribution in [0.15, 0.2) is 36.4 Å². The van der Waals surface area contributed by atoms with Crippen molar-refractivity contribution in [3.63, 3.8) is 0 Å². The molecule has 1 aliphatic heterocycles. The van der Waals surface area contributed by atoms with Crippen molar-refractivity contribution in [1.29, 1.82) is 0 Å². The van der Waals surface area contributed by atoms with Gasteiger partial charge in [-0.25, -0.2) is 0 Å². The molecule has 0 fully saturated rings. The number of amides is 1. The highest BCUT2D eigenvalue weighted by Crippen LogP contribution is 2.33. The van der Waals surface area contributed by atoms with E-state index >= 15 is 0 Å². The van der Waals surface area contributed by atoms with E-state index in [0.29, 0.717) is 30.3 Å². The molecule has 1 amide bonds. The number of phenolic OH excluding ortho intramolecular Hbond substituents is 1. The van der Waals surface area contributed by atoms with Gasteiger partial charge >= 0.3 is 0 Å². The van der Waals surface area contributed by atoms with Crippen LogP contribution in [0.1, 0.15) is 40.4 Å². The highest BCUT2D eigenvalue weighted by Gasteiger charge is 2.23. The van der Waals surface area contributed by atoms with Crippen LogP contribution in [0, 0.1) is 0 Å². The van der Waals surface area contributed by atoms with Crippen molar-refractivity contribution >= 4 is 5.91 Å². The zero-order valence-corrected chi connectivity index (χ0v) is 13.2. The molecule has 0 spiro atoms. The number of nitrogens with one attached hydrogen (secondary N) is 1. The minimum atomic E-state index is -0.127. The fraction of sp³-hybridized carbons (Fsp3) is 0.316. The Hall–Kier alpha value is -2.69. The maximum absolute atomic E-state index is 12.6. The summed E-state index contributed by atoms with van der Waals surface area (Å²) in [6.07, 6.45) is 2.82. The van der Waals surface area contributed by atoms with Crippen LogP contribution >= 0.6 is 0 Å². The Bertz CT molecular complexity index is 787. The lowest BCUT2D eigenvalue weighted by atomic mass is 9.87. The monoisotopic (exact) mass is 325 g/mol. The van der Waals surface area contributed by atoms with E-state index in [1.807, 2.05) is 6.07 Å². The average Bonchev–Trinajstić information content (AvgIpc) is 2.61. The summed E-state index contributed by atoms with van der Waals surface area (Å²) in [4.78, 5) is 12.6. The molecule has 2 aromatic carbocycles. The number of hydrogen-bond donors (Lipinski definition) is 2. The Labute approximate surface area is 140 Å². The molecule has 0 saturated carbocycles. The summed E-state index contributed by atoms with van der Waals surface area (Å²) in [7, 11) is 0. The predicted molar refractivity (Wildman–Crippen MR) is 88.7 cm³/mol. The molecule has 5 heteroatoms. The minimum absolute atomic E-state index is 0.0324. The van der Waals surface area contributed by atoms with Gasteiger partial charge in [0.1, 0.15) is 19.0 Å². The molecule has 2 N–H and O–H groups in total. The van der Waals surface area contributed by atoms with Crippen molar-refractivity contribution in [2.75, 3.05) is 13.2 Å². The summed E-state index contributed by atoms with van der Waals surface area (Å²) in [6, 6.07) is 10.6. The second kappa shape index (κ2) is 6.07. The fourth-order valence-electron chi connectivity index (χ4n) is 3.38. The lowest BCUT2D eigenvalue weighted by Gasteiger charge is -2.27. The first kappa shape index (κ1) is 14.9. The van der Waals surface area contributed by atoms with Gasteiger partial charge in [-0.2, -0.15) is 0 Å². The predicted octanol–water partition coefficient (Wildman–Crippen LogP) is 2.97. The van der Waals surface area contributed by atoms with E-state index in [4.69, 9.17) is 9.47 Å². The number of hydrogen-bond acceptors (Lipinski definition) is 4. The number of carbonyl (C=O) groups is 1. The van der Waals surface area contributed by atoms with Crippen molar-refractivity contribution in [3.05, 3.63) is 53.1 Å². The molecule has 1 heterocycles. The smallest absolute Gasteiger partial charge is 0.251 e. The van der Waals surface area contributed by atoms with Crippen LogP contribution in [-0.4, -0.2) is 24.2 Å². The van der Waals surface area contributed by atoms with Crippen LogP contribution in [0.25, 0.3) is 0 Å². The third-order valence-electron chi connectivity index (χ3n) is 4.55. The van der Waals surface area contributed by atoms with Gasteiger partial charge in [0, 0.05) is 5.56 Å². The van der Waals surface area contributed by atoms with Crippen LogP contribution in [0.4, 0.5) is 0 Å². The molecule has 1 aliphatic carbocycles. The van der Waals surface area contributed by atoms with E-state index in [0.717, 1.165) is 30.4 Å². The fourth-order valence-corrected chi connectivity index (χ4v) is 3.38. The zero-order valence-electron chi connectivity index (χ0n) is 13.2. The van der Waals surface area contributed by atoms with Gasteiger partial charge in [-0.15, -0.1) is 0 Å². The molecule has 24 heavy (non-hydrogen) atoms. The van der Waals surface area contributed by atoms with Crippen LogP contribution < -0.4 is 14.8 Å². The van der Waals surface area contributed by atoms with Gasteiger partial charge in [0.2, 0.25) is 0 Å². The van der Waals surface area contributed by atoms with Gasteiger partial charge in [-0.05, 0) is 60.7 Å². The third-order valence-corrected chi connectivity index (χ3v) is 4.55. The van der Waals surface area contributed by atoms with E-state index in [2.05, 4.69) is 5.32 Å². The van der Waals surface area contributed by atoms with Crippen molar-refractivity contribution in [2.24, 2.45) is 0 Å².